The van der Waals surface area contributed by atoms with E-state index in [1.807, 2.05) is 0 Å². The fraction of sp³-hybridized carbons (Fsp3) is 0.545. The molecule has 1 aromatic heterocycles. The summed E-state index contributed by atoms with van der Waals surface area (Å²) in [5.41, 5.74) is 5.63. The molecule has 0 aliphatic rings. The Bertz CT molecular complexity index is 438. The van der Waals surface area contributed by atoms with Gasteiger partial charge in [0, 0.05) is 18.3 Å². The van der Waals surface area contributed by atoms with Gasteiger partial charge in [-0.2, -0.15) is 5.01 Å². The van der Waals surface area contributed by atoms with Crippen molar-refractivity contribution < 1.29 is 14.3 Å². The second-order valence-electron chi connectivity index (χ2n) is 5.08. The van der Waals surface area contributed by atoms with Crippen LogP contribution in [-0.2, 0) is 16.0 Å². The molecule has 0 radical (unpaired) electrons. The molecule has 0 fully saturated rings. The van der Waals surface area contributed by atoms with Gasteiger partial charge in [-0.25, -0.2) is 15.6 Å². The Balaban J connectivity index is 2.58. The number of nitrogens with two attached hydrogens (primary N) is 2. The van der Waals surface area contributed by atoms with Gasteiger partial charge in [-0.15, -0.1) is 0 Å². The minimum Gasteiger partial charge on any atom is -0.442 e. The Labute approximate surface area is 111 Å². The topological polar surface area (TPSA) is 127 Å². The van der Waals surface area contributed by atoms with Gasteiger partial charge in [0.05, 0.1) is 12.4 Å². The number of ether oxygens (including phenoxy) is 1. The van der Waals surface area contributed by atoms with Crippen LogP contribution < -0.4 is 11.6 Å². The van der Waals surface area contributed by atoms with Gasteiger partial charge in [0.1, 0.15) is 5.60 Å². The van der Waals surface area contributed by atoms with Gasteiger partial charge in [-0.3, -0.25) is 4.79 Å². The fourth-order valence-corrected chi connectivity index (χ4v) is 1.30. The third kappa shape index (κ3) is 4.68. The van der Waals surface area contributed by atoms with E-state index in [0.717, 1.165) is 0 Å². The zero-order valence-corrected chi connectivity index (χ0v) is 11.2. The fourth-order valence-electron chi connectivity index (χ4n) is 1.30. The second kappa shape index (κ2) is 5.81. The van der Waals surface area contributed by atoms with Crippen molar-refractivity contribution >= 4 is 12.0 Å². The summed E-state index contributed by atoms with van der Waals surface area (Å²) in [4.78, 5) is 30.0. The molecule has 0 aromatic carbocycles. The summed E-state index contributed by atoms with van der Waals surface area (Å²) in [7, 11) is 0. The molecule has 0 aliphatic carbocycles. The van der Waals surface area contributed by atoms with Crippen molar-refractivity contribution in [2.75, 3.05) is 0 Å². The largest absolute Gasteiger partial charge is 0.442 e. The standard InChI is InChI=1S/C11H19N5O3/c1-11(2,3)19-10(18)16(13)9(17)8(12)4-7-5-14-6-15-7/h5-6,8H,4,12-13H2,1-3H3,(H,14,15)/t8-/m0/s1. The zero-order valence-electron chi connectivity index (χ0n) is 11.2. The first kappa shape index (κ1) is 15.1. The van der Waals surface area contributed by atoms with Gasteiger partial charge in [0.15, 0.2) is 0 Å². The number of H-pyrrole nitrogens is 1. The number of rotatable bonds is 3. The molecule has 0 unspecified atom stereocenters. The molecular weight excluding hydrogens is 250 g/mol. The van der Waals surface area contributed by atoms with E-state index in [-0.39, 0.29) is 6.42 Å². The van der Waals surface area contributed by atoms with Crippen molar-refractivity contribution in [2.24, 2.45) is 11.6 Å². The lowest BCUT2D eigenvalue weighted by Gasteiger charge is -2.24. The number of hydrogen-bond acceptors (Lipinski definition) is 6. The summed E-state index contributed by atoms with van der Waals surface area (Å²) >= 11 is 0. The molecule has 5 N–H and O–H groups in total. The van der Waals surface area contributed by atoms with E-state index in [9.17, 15) is 9.59 Å². The number of imidazole rings is 1. The highest BCUT2D eigenvalue weighted by molar-refractivity contribution is 5.94. The van der Waals surface area contributed by atoms with Crippen LogP contribution >= 0.6 is 0 Å². The first-order valence-electron chi connectivity index (χ1n) is 5.75. The van der Waals surface area contributed by atoms with Crippen LogP contribution in [-0.4, -0.2) is 38.6 Å². The van der Waals surface area contributed by atoms with Crippen LogP contribution in [0.5, 0.6) is 0 Å². The van der Waals surface area contributed by atoms with Crippen LogP contribution in [0.2, 0.25) is 0 Å². The summed E-state index contributed by atoms with van der Waals surface area (Å²) in [5.74, 6) is 4.68. The lowest BCUT2D eigenvalue weighted by atomic mass is 10.1. The lowest BCUT2D eigenvalue weighted by molar-refractivity contribution is -0.132. The van der Waals surface area contributed by atoms with Crippen LogP contribution in [0, 0.1) is 0 Å². The van der Waals surface area contributed by atoms with E-state index in [4.69, 9.17) is 16.3 Å². The average molecular weight is 269 g/mol. The van der Waals surface area contributed by atoms with E-state index < -0.39 is 23.6 Å². The Morgan fingerprint density at radius 3 is 2.63 bits per heavy atom. The number of aromatic amines is 1. The van der Waals surface area contributed by atoms with Crippen LogP contribution in [0.3, 0.4) is 0 Å². The predicted octanol–water partition coefficient (Wildman–Crippen LogP) is -0.0831. The van der Waals surface area contributed by atoms with Crippen molar-refractivity contribution in [1.82, 2.24) is 15.0 Å². The maximum atomic E-state index is 11.8. The molecule has 1 heterocycles. The maximum absolute atomic E-state index is 11.8. The molecule has 1 rings (SSSR count). The Hall–Kier alpha value is -1.93. The van der Waals surface area contributed by atoms with Gasteiger partial charge in [-0.05, 0) is 20.8 Å². The number of aromatic nitrogens is 2. The molecule has 0 saturated heterocycles. The number of amides is 2. The molecule has 8 heteroatoms. The van der Waals surface area contributed by atoms with Crippen molar-refractivity contribution in [2.45, 2.75) is 38.8 Å². The van der Waals surface area contributed by atoms with Crippen LogP contribution in [0.4, 0.5) is 4.79 Å². The van der Waals surface area contributed by atoms with Crippen molar-refractivity contribution in [3.8, 4) is 0 Å². The molecular formula is C11H19N5O3. The summed E-state index contributed by atoms with van der Waals surface area (Å²) in [6, 6.07) is -0.946. The first-order chi connectivity index (χ1) is 8.70. The van der Waals surface area contributed by atoms with Gasteiger partial charge in [0.2, 0.25) is 0 Å². The Kier molecular flexibility index (Phi) is 4.62. The third-order valence-corrected chi connectivity index (χ3v) is 2.14. The molecule has 0 bridgehead atoms. The van der Waals surface area contributed by atoms with E-state index in [0.29, 0.717) is 10.7 Å². The molecule has 8 nitrogen and oxygen atoms in total. The van der Waals surface area contributed by atoms with E-state index >= 15 is 0 Å². The minimum atomic E-state index is -0.946. The zero-order chi connectivity index (χ0) is 14.6. The molecule has 1 atom stereocenters. The number of imide groups is 1. The molecule has 106 valence electrons. The van der Waals surface area contributed by atoms with Crippen molar-refractivity contribution in [3.05, 3.63) is 18.2 Å². The lowest BCUT2D eigenvalue weighted by Crippen LogP contribution is -2.52. The SMILES string of the molecule is CC(C)(C)OC(=O)N(N)C(=O)[C@@H](N)Cc1cnc[nH]1. The first-order valence-corrected chi connectivity index (χ1v) is 5.75. The van der Waals surface area contributed by atoms with Crippen LogP contribution in [0.15, 0.2) is 12.5 Å². The smallest absolute Gasteiger partial charge is 0.431 e. The van der Waals surface area contributed by atoms with E-state index in [1.165, 1.54) is 6.33 Å². The molecule has 0 aliphatic heterocycles. The molecule has 2 amide bonds. The van der Waals surface area contributed by atoms with Crippen LogP contribution in [0.25, 0.3) is 0 Å². The van der Waals surface area contributed by atoms with E-state index in [1.54, 1.807) is 27.0 Å². The Morgan fingerprint density at radius 2 is 2.16 bits per heavy atom. The van der Waals surface area contributed by atoms with Crippen LogP contribution in [0.1, 0.15) is 26.5 Å². The average Bonchev–Trinajstić information content (AvgIpc) is 2.77. The highest BCUT2D eigenvalue weighted by Gasteiger charge is 2.28. The highest BCUT2D eigenvalue weighted by Crippen LogP contribution is 2.09. The summed E-state index contributed by atoms with van der Waals surface area (Å²) < 4.78 is 4.97. The molecule has 0 saturated carbocycles. The van der Waals surface area contributed by atoms with Gasteiger partial charge in [-0.1, -0.05) is 0 Å². The minimum absolute atomic E-state index is 0.204. The summed E-state index contributed by atoms with van der Waals surface area (Å²) in [5, 5.41) is 0.395. The number of hydrogen-bond donors (Lipinski definition) is 3. The van der Waals surface area contributed by atoms with Crippen molar-refractivity contribution in [3.63, 3.8) is 0 Å². The summed E-state index contributed by atoms with van der Waals surface area (Å²) in [6.45, 7) is 5.02. The van der Waals surface area contributed by atoms with Crippen molar-refractivity contribution in [1.29, 1.82) is 0 Å². The normalized spacial score (nSPS) is 12.9. The monoisotopic (exact) mass is 269 g/mol. The van der Waals surface area contributed by atoms with Gasteiger partial charge in [0.25, 0.3) is 5.91 Å². The number of carbonyl (C=O) groups is 2. The number of nitrogens with one attached hydrogen (secondary N) is 1. The predicted molar refractivity (Wildman–Crippen MR) is 67.5 cm³/mol. The summed E-state index contributed by atoms with van der Waals surface area (Å²) in [6.07, 6.45) is 2.29. The second-order valence-corrected chi connectivity index (χ2v) is 5.08. The molecule has 1 aromatic rings. The van der Waals surface area contributed by atoms with Gasteiger partial charge >= 0.3 is 6.09 Å². The number of carbonyl (C=O) groups excluding carboxylic acids is 2. The quantitative estimate of drug-likeness (QED) is 0.400. The number of hydrazine groups is 1. The number of nitrogens with zero attached hydrogens (tertiary/aromatic N) is 2. The highest BCUT2D eigenvalue weighted by atomic mass is 16.6. The molecule has 0 spiro atoms. The molecule has 19 heavy (non-hydrogen) atoms. The maximum Gasteiger partial charge on any atom is 0.431 e. The Morgan fingerprint density at radius 1 is 1.53 bits per heavy atom. The van der Waals surface area contributed by atoms with Gasteiger partial charge < -0.3 is 15.5 Å². The van der Waals surface area contributed by atoms with E-state index in [2.05, 4.69) is 9.97 Å². The third-order valence-electron chi connectivity index (χ3n) is 2.14.